The normalized spacial score (nSPS) is 10.5. The summed E-state index contributed by atoms with van der Waals surface area (Å²) >= 11 is 0. The van der Waals surface area contributed by atoms with Crippen LogP contribution in [0.4, 0.5) is 0 Å². The highest BCUT2D eigenvalue weighted by atomic mass is 16.5. The lowest BCUT2D eigenvalue weighted by Gasteiger charge is -2.07. The zero-order valence-electron chi connectivity index (χ0n) is 17.5. The van der Waals surface area contributed by atoms with Crippen LogP contribution in [0.5, 0.6) is 5.75 Å². The van der Waals surface area contributed by atoms with Crippen molar-refractivity contribution in [2.24, 2.45) is 0 Å². The summed E-state index contributed by atoms with van der Waals surface area (Å²) in [6.07, 6.45) is 2.44. The molecule has 2 aromatic carbocycles. The highest BCUT2D eigenvalue weighted by molar-refractivity contribution is 6.00. The predicted molar refractivity (Wildman–Crippen MR) is 119 cm³/mol. The lowest BCUT2D eigenvalue weighted by atomic mass is 10.0. The quantitative estimate of drug-likeness (QED) is 0.224. The molecule has 3 aromatic rings. The number of methoxy groups -OCH3 is 1. The molecule has 7 nitrogen and oxygen atoms in total. The van der Waals surface area contributed by atoms with Gasteiger partial charge in [0.2, 0.25) is 5.91 Å². The van der Waals surface area contributed by atoms with E-state index in [2.05, 4.69) is 10.3 Å². The largest absolute Gasteiger partial charge is 0.497 e. The third kappa shape index (κ3) is 5.96. The Morgan fingerprint density at radius 1 is 0.968 bits per heavy atom. The van der Waals surface area contributed by atoms with Crippen molar-refractivity contribution in [3.63, 3.8) is 0 Å². The molecular weight excluding hydrogens is 394 g/mol. The number of hydrogen-bond donors (Lipinski definition) is 4. The molecule has 0 unspecified atom stereocenters. The van der Waals surface area contributed by atoms with E-state index in [1.54, 1.807) is 12.6 Å². The summed E-state index contributed by atoms with van der Waals surface area (Å²) in [5.41, 5.74) is 5.72. The van der Waals surface area contributed by atoms with Crippen molar-refractivity contribution in [2.45, 2.75) is 25.7 Å². The first-order valence-corrected chi connectivity index (χ1v) is 10.3. The zero-order chi connectivity index (χ0) is 22.1. The molecule has 0 aliphatic heterocycles. The van der Waals surface area contributed by atoms with Crippen LogP contribution in [0, 0.1) is 0 Å². The second-order valence-corrected chi connectivity index (χ2v) is 7.17. The fourth-order valence-electron chi connectivity index (χ4n) is 3.34. The van der Waals surface area contributed by atoms with Gasteiger partial charge in [0.1, 0.15) is 11.4 Å². The zero-order valence-corrected chi connectivity index (χ0v) is 17.5. The average Bonchev–Trinajstić information content (AvgIpc) is 3.27. The number of carbonyl (C=O) groups is 2. The molecule has 0 saturated carbocycles. The Morgan fingerprint density at radius 2 is 1.71 bits per heavy atom. The fourth-order valence-corrected chi connectivity index (χ4v) is 3.34. The molecule has 0 fully saturated rings. The molecule has 1 heterocycles. The van der Waals surface area contributed by atoms with Crippen LogP contribution >= 0.6 is 0 Å². The van der Waals surface area contributed by atoms with Crippen molar-refractivity contribution in [2.75, 3.05) is 13.7 Å². The minimum atomic E-state index is -0.395. The van der Waals surface area contributed by atoms with Gasteiger partial charge in [-0.2, -0.15) is 0 Å². The first-order valence-electron chi connectivity index (χ1n) is 10.3. The van der Waals surface area contributed by atoms with E-state index in [1.165, 1.54) is 0 Å². The average molecular weight is 421 g/mol. The van der Waals surface area contributed by atoms with Crippen LogP contribution in [0.15, 0.2) is 60.7 Å². The van der Waals surface area contributed by atoms with Crippen LogP contribution in [0.1, 0.15) is 36.2 Å². The lowest BCUT2D eigenvalue weighted by molar-refractivity contribution is -0.129. The van der Waals surface area contributed by atoms with Crippen LogP contribution < -0.4 is 15.5 Å². The number of H-pyrrole nitrogens is 1. The first kappa shape index (κ1) is 22.1. The molecule has 0 radical (unpaired) electrons. The number of aromatic amines is 1. The number of rotatable bonds is 10. The Labute approximate surface area is 181 Å². The SMILES string of the molecule is COc1ccc(-c2cc(-c3ccccc3)[nH]c2C(=O)NCCCCCC(=O)NO)cc1. The Balaban J connectivity index is 1.73. The maximum Gasteiger partial charge on any atom is 0.268 e. The molecule has 2 amide bonds. The maximum absolute atomic E-state index is 12.9. The molecule has 0 spiro atoms. The number of hydrogen-bond acceptors (Lipinski definition) is 4. The molecule has 162 valence electrons. The monoisotopic (exact) mass is 421 g/mol. The van der Waals surface area contributed by atoms with E-state index in [0.29, 0.717) is 18.7 Å². The second-order valence-electron chi connectivity index (χ2n) is 7.17. The van der Waals surface area contributed by atoms with E-state index < -0.39 is 5.91 Å². The smallest absolute Gasteiger partial charge is 0.268 e. The summed E-state index contributed by atoms with van der Waals surface area (Å²) < 4.78 is 5.24. The summed E-state index contributed by atoms with van der Waals surface area (Å²) in [5.74, 6) is 0.178. The van der Waals surface area contributed by atoms with Crippen molar-refractivity contribution in [1.29, 1.82) is 0 Å². The molecule has 0 bridgehead atoms. The Morgan fingerprint density at radius 3 is 2.39 bits per heavy atom. The van der Waals surface area contributed by atoms with Gasteiger partial charge in [-0.05, 0) is 42.2 Å². The maximum atomic E-state index is 12.9. The van der Waals surface area contributed by atoms with E-state index in [0.717, 1.165) is 41.0 Å². The van der Waals surface area contributed by atoms with Gasteiger partial charge in [-0.3, -0.25) is 14.8 Å². The number of hydroxylamine groups is 1. The third-order valence-electron chi connectivity index (χ3n) is 5.02. The number of benzene rings is 2. The minimum Gasteiger partial charge on any atom is -0.497 e. The number of amides is 2. The van der Waals surface area contributed by atoms with E-state index in [4.69, 9.17) is 9.94 Å². The number of ether oxygens (including phenoxy) is 1. The molecule has 0 aliphatic carbocycles. The fraction of sp³-hybridized carbons (Fsp3) is 0.250. The van der Waals surface area contributed by atoms with Crippen molar-refractivity contribution < 1.29 is 19.5 Å². The van der Waals surface area contributed by atoms with Crippen molar-refractivity contribution in [3.05, 3.63) is 66.4 Å². The van der Waals surface area contributed by atoms with Gasteiger partial charge in [-0.15, -0.1) is 0 Å². The van der Waals surface area contributed by atoms with Gasteiger partial charge in [-0.25, -0.2) is 5.48 Å². The van der Waals surface area contributed by atoms with Crippen LogP contribution in [-0.2, 0) is 4.79 Å². The van der Waals surface area contributed by atoms with E-state index in [1.807, 2.05) is 60.7 Å². The van der Waals surface area contributed by atoms with Crippen LogP contribution in [-0.4, -0.2) is 35.7 Å². The van der Waals surface area contributed by atoms with Crippen LogP contribution in [0.3, 0.4) is 0 Å². The van der Waals surface area contributed by atoms with Gasteiger partial charge in [0.05, 0.1) is 7.11 Å². The van der Waals surface area contributed by atoms with Gasteiger partial charge in [-0.1, -0.05) is 48.9 Å². The van der Waals surface area contributed by atoms with Crippen molar-refractivity contribution in [3.8, 4) is 28.1 Å². The van der Waals surface area contributed by atoms with Crippen molar-refractivity contribution in [1.82, 2.24) is 15.8 Å². The van der Waals surface area contributed by atoms with Crippen LogP contribution in [0.2, 0.25) is 0 Å². The van der Waals surface area contributed by atoms with Gasteiger partial charge < -0.3 is 15.0 Å². The second kappa shape index (κ2) is 11.0. The molecule has 31 heavy (non-hydrogen) atoms. The third-order valence-corrected chi connectivity index (χ3v) is 5.02. The molecule has 0 aliphatic rings. The summed E-state index contributed by atoms with van der Waals surface area (Å²) in [4.78, 5) is 27.2. The van der Waals surface area contributed by atoms with Gasteiger partial charge in [0.15, 0.2) is 0 Å². The number of carbonyl (C=O) groups excluding carboxylic acids is 2. The minimum absolute atomic E-state index is 0.180. The van der Waals surface area contributed by atoms with E-state index in [-0.39, 0.29) is 12.3 Å². The summed E-state index contributed by atoms with van der Waals surface area (Å²) in [7, 11) is 1.62. The number of unbranched alkanes of at least 4 members (excludes halogenated alkanes) is 2. The topological polar surface area (TPSA) is 103 Å². The Bertz CT molecular complexity index is 997. The van der Waals surface area contributed by atoms with Crippen LogP contribution in [0.25, 0.3) is 22.4 Å². The molecule has 0 atom stereocenters. The molecule has 4 N–H and O–H groups in total. The van der Waals surface area contributed by atoms with Crippen molar-refractivity contribution >= 4 is 11.8 Å². The summed E-state index contributed by atoms with van der Waals surface area (Å²) in [6.45, 7) is 0.501. The van der Waals surface area contributed by atoms with Gasteiger partial charge in [0.25, 0.3) is 5.91 Å². The summed E-state index contributed by atoms with van der Waals surface area (Å²) in [6, 6.07) is 19.4. The molecule has 7 heteroatoms. The predicted octanol–water partition coefficient (Wildman–Crippen LogP) is 4.15. The molecular formula is C24H27N3O4. The molecule has 1 aromatic heterocycles. The number of nitrogens with one attached hydrogen (secondary N) is 3. The van der Waals surface area contributed by atoms with Gasteiger partial charge >= 0.3 is 0 Å². The lowest BCUT2D eigenvalue weighted by Crippen LogP contribution is -2.25. The van der Waals surface area contributed by atoms with E-state index >= 15 is 0 Å². The first-order chi connectivity index (χ1) is 15.1. The standard InChI is InChI=1S/C24H27N3O4/c1-31-19-13-11-17(12-14-19)20-16-21(18-8-4-2-5-9-18)26-23(20)24(29)25-15-7-3-6-10-22(28)27-30/h2,4-5,8-9,11-14,16,26,30H,3,6-7,10,15H2,1H3,(H,25,29)(H,27,28). The molecule has 3 rings (SSSR count). The molecule has 0 saturated heterocycles. The highest BCUT2D eigenvalue weighted by Gasteiger charge is 2.17. The highest BCUT2D eigenvalue weighted by Crippen LogP contribution is 2.31. The summed E-state index contributed by atoms with van der Waals surface area (Å²) in [5, 5.41) is 11.5. The number of aromatic nitrogens is 1. The Hall–Kier alpha value is -3.58. The Kier molecular flexibility index (Phi) is 7.84. The van der Waals surface area contributed by atoms with E-state index in [9.17, 15) is 9.59 Å². The van der Waals surface area contributed by atoms with Gasteiger partial charge in [0, 0.05) is 24.2 Å².